The molecule has 2 aliphatic rings. The number of fused-ring (bicyclic) bond motifs is 1. The van der Waals surface area contributed by atoms with Gasteiger partial charge in [-0.05, 0) is 39.2 Å². The highest BCUT2D eigenvalue weighted by Crippen LogP contribution is 2.27. The summed E-state index contributed by atoms with van der Waals surface area (Å²) in [6, 6.07) is 0.737. The van der Waals surface area contributed by atoms with Crippen molar-refractivity contribution in [2.24, 2.45) is 0 Å². The number of rotatable bonds is 5. The molecule has 4 rings (SSSR count). The molecule has 1 aliphatic carbocycles. The first-order valence-corrected chi connectivity index (χ1v) is 12.4. The molecule has 1 amide bonds. The summed E-state index contributed by atoms with van der Waals surface area (Å²) in [6.07, 6.45) is 5.34. The molecule has 0 spiro atoms. The molecular formula is C21H30N4O2S2. The number of thiophene rings is 1. The molecule has 0 radical (unpaired) electrons. The second kappa shape index (κ2) is 8.78. The third-order valence-electron chi connectivity index (χ3n) is 6.37. The molecule has 2 aromatic rings. The van der Waals surface area contributed by atoms with Crippen molar-refractivity contribution in [2.45, 2.75) is 63.5 Å². The van der Waals surface area contributed by atoms with Gasteiger partial charge in [0.15, 0.2) is 0 Å². The topological polar surface area (TPSA) is 69.3 Å². The highest BCUT2D eigenvalue weighted by molar-refractivity contribution is 7.99. The van der Waals surface area contributed by atoms with Crippen molar-refractivity contribution in [3.8, 4) is 0 Å². The van der Waals surface area contributed by atoms with Gasteiger partial charge in [-0.3, -0.25) is 14.5 Å². The Kier molecular flexibility index (Phi) is 6.32. The Bertz CT molecular complexity index is 940. The summed E-state index contributed by atoms with van der Waals surface area (Å²) >= 11 is 3.11. The minimum Gasteiger partial charge on any atom is -0.339 e. The molecule has 1 N–H and O–H groups in total. The quantitative estimate of drug-likeness (QED) is 0.782. The van der Waals surface area contributed by atoms with Crippen LogP contribution in [-0.4, -0.2) is 63.1 Å². The molecule has 158 valence electrons. The van der Waals surface area contributed by atoms with Gasteiger partial charge in [-0.1, -0.05) is 12.8 Å². The molecule has 1 atom stereocenters. The van der Waals surface area contributed by atoms with E-state index in [2.05, 4.69) is 14.9 Å². The number of amides is 1. The van der Waals surface area contributed by atoms with Crippen LogP contribution in [0.5, 0.6) is 0 Å². The van der Waals surface area contributed by atoms with Crippen molar-refractivity contribution in [1.29, 1.82) is 0 Å². The van der Waals surface area contributed by atoms with Crippen LogP contribution >= 0.6 is 23.1 Å². The Morgan fingerprint density at radius 2 is 1.93 bits per heavy atom. The first-order valence-electron chi connectivity index (χ1n) is 10.6. The normalized spacial score (nSPS) is 19.9. The number of hydrogen-bond donors (Lipinski definition) is 1. The summed E-state index contributed by atoms with van der Waals surface area (Å²) in [6.45, 7) is 9.60. The lowest BCUT2D eigenvalue weighted by atomic mass is 10.2. The van der Waals surface area contributed by atoms with Gasteiger partial charge < -0.3 is 9.88 Å². The molecule has 2 aromatic heterocycles. The van der Waals surface area contributed by atoms with Gasteiger partial charge in [0.2, 0.25) is 5.91 Å². The maximum absolute atomic E-state index is 12.9. The highest BCUT2D eigenvalue weighted by atomic mass is 32.2. The van der Waals surface area contributed by atoms with Crippen molar-refractivity contribution in [3.63, 3.8) is 0 Å². The van der Waals surface area contributed by atoms with Gasteiger partial charge in [0.1, 0.15) is 10.7 Å². The predicted octanol–water partition coefficient (Wildman–Crippen LogP) is 3.31. The van der Waals surface area contributed by atoms with E-state index in [1.165, 1.54) is 25.7 Å². The van der Waals surface area contributed by atoms with Crippen LogP contribution in [0.4, 0.5) is 0 Å². The number of carbonyl (C=O) groups excluding carboxylic acids is 1. The average molecular weight is 435 g/mol. The minimum absolute atomic E-state index is 0.0746. The number of carbonyl (C=O) groups is 1. The van der Waals surface area contributed by atoms with Crippen LogP contribution in [-0.2, 0) is 10.5 Å². The Labute approximate surface area is 180 Å². The first-order chi connectivity index (χ1) is 13.9. The lowest BCUT2D eigenvalue weighted by molar-refractivity contribution is -0.132. The van der Waals surface area contributed by atoms with E-state index in [0.717, 1.165) is 47.5 Å². The number of aromatic amines is 1. The smallest absolute Gasteiger partial charge is 0.259 e. The zero-order valence-corrected chi connectivity index (χ0v) is 19.1. The Hall–Kier alpha value is -1.38. The van der Waals surface area contributed by atoms with Crippen LogP contribution in [0.25, 0.3) is 10.2 Å². The van der Waals surface area contributed by atoms with Crippen molar-refractivity contribution < 1.29 is 4.79 Å². The van der Waals surface area contributed by atoms with E-state index < -0.39 is 0 Å². The summed E-state index contributed by atoms with van der Waals surface area (Å²) in [7, 11) is 0. The molecule has 1 aliphatic heterocycles. The molecule has 1 saturated heterocycles. The maximum atomic E-state index is 12.9. The highest BCUT2D eigenvalue weighted by Gasteiger charge is 2.29. The van der Waals surface area contributed by atoms with Gasteiger partial charge >= 0.3 is 0 Å². The van der Waals surface area contributed by atoms with Crippen molar-refractivity contribution in [1.82, 2.24) is 19.8 Å². The number of nitrogens with one attached hydrogen (secondary N) is 1. The zero-order chi connectivity index (χ0) is 20.5. The fraction of sp³-hybridized carbons (Fsp3) is 0.667. The van der Waals surface area contributed by atoms with Crippen LogP contribution in [0.1, 0.15) is 48.9 Å². The van der Waals surface area contributed by atoms with E-state index in [9.17, 15) is 9.59 Å². The Morgan fingerprint density at radius 3 is 2.62 bits per heavy atom. The number of nitrogens with zero attached hydrogens (tertiary/aromatic N) is 3. The van der Waals surface area contributed by atoms with Crippen LogP contribution in [0, 0.1) is 13.8 Å². The molecule has 3 heterocycles. The predicted molar refractivity (Wildman–Crippen MR) is 121 cm³/mol. The Balaban J connectivity index is 1.32. The van der Waals surface area contributed by atoms with Gasteiger partial charge in [-0.2, -0.15) is 0 Å². The Morgan fingerprint density at radius 1 is 1.24 bits per heavy atom. The third kappa shape index (κ3) is 4.39. The summed E-state index contributed by atoms with van der Waals surface area (Å²) < 4.78 is 0. The molecule has 8 heteroatoms. The van der Waals surface area contributed by atoms with E-state index in [1.807, 2.05) is 25.7 Å². The number of aromatic nitrogens is 2. The fourth-order valence-corrected chi connectivity index (χ4v) is 6.36. The standard InChI is InChI=1S/C21H30N4O2S2/c1-13-14(2)29-20-18(13)19(26)22-17(23-20)12-28-15(3)21(27)25-10-8-24(9-11-25)16-6-4-5-7-16/h15-16H,4-12H2,1-3H3,(H,22,23,26). The van der Waals surface area contributed by atoms with Crippen LogP contribution in [0.15, 0.2) is 4.79 Å². The van der Waals surface area contributed by atoms with E-state index in [0.29, 0.717) is 17.0 Å². The summed E-state index contributed by atoms with van der Waals surface area (Å²) in [5, 5.41) is 0.561. The number of H-pyrrole nitrogens is 1. The second-order valence-electron chi connectivity index (χ2n) is 8.23. The van der Waals surface area contributed by atoms with Crippen LogP contribution < -0.4 is 5.56 Å². The second-order valence-corrected chi connectivity index (χ2v) is 10.8. The van der Waals surface area contributed by atoms with E-state index in [-0.39, 0.29) is 16.7 Å². The molecule has 0 aromatic carbocycles. The summed E-state index contributed by atoms with van der Waals surface area (Å²) in [4.78, 5) is 39.3. The SMILES string of the molecule is Cc1sc2nc(CSC(C)C(=O)N3CCN(C4CCCC4)CC3)[nH]c(=O)c2c1C. The fourth-order valence-electron chi connectivity index (χ4n) is 4.48. The summed E-state index contributed by atoms with van der Waals surface area (Å²) in [5.74, 6) is 1.39. The van der Waals surface area contributed by atoms with E-state index >= 15 is 0 Å². The molecule has 1 unspecified atom stereocenters. The first kappa shape index (κ1) is 20.9. The molecular weight excluding hydrogens is 404 g/mol. The summed E-state index contributed by atoms with van der Waals surface area (Å²) in [5.41, 5.74) is 0.938. The molecule has 29 heavy (non-hydrogen) atoms. The van der Waals surface area contributed by atoms with Crippen LogP contribution in [0.3, 0.4) is 0 Å². The lowest BCUT2D eigenvalue weighted by Crippen LogP contribution is -2.52. The lowest BCUT2D eigenvalue weighted by Gasteiger charge is -2.38. The van der Waals surface area contributed by atoms with E-state index in [4.69, 9.17) is 0 Å². The minimum atomic E-state index is -0.138. The van der Waals surface area contributed by atoms with Gasteiger partial charge in [-0.15, -0.1) is 23.1 Å². The molecule has 0 bridgehead atoms. The molecule has 1 saturated carbocycles. The van der Waals surface area contributed by atoms with Crippen molar-refractivity contribution in [3.05, 3.63) is 26.6 Å². The number of piperazine rings is 1. The molecule has 2 fully saturated rings. The number of aryl methyl sites for hydroxylation is 2. The number of thioether (sulfide) groups is 1. The molecule has 6 nitrogen and oxygen atoms in total. The zero-order valence-electron chi connectivity index (χ0n) is 17.5. The van der Waals surface area contributed by atoms with Gasteiger partial charge in [0, 0.05) is 37.1 Å². The van der Waals surface area contributed by atoms with E-state index in [1.54, 1.807) is 23.1 Å². The van der Waals surface area contributed by atoms with Gasteiger partial charge in [0.25, 0.3) is 5.56 Å². The van der Waals surface area contributed by atoms with Crippen molar-refractivity contribution >= 4 is 39.2 Å². The third-order valence-corrected chi connectivity index (χ3v) is 8.62. The van der Waals surface area contributed by atoms with Crippen LogP contribution in [0.2, 0.25) is 0 Å². The number of hydrogen-bond acceptors (Lipinski definition) is 6. The van der Waals surface area contributed by atoms with Crippen molar-refractivity contribution in [2.75, 3.05) is 26.2 Å². The maximum Gasteiger partial charge on any atom is 0.259 e. The monoisotopic (exact) mass is 434 g/mol. The largest absolute Gasteiger partial charge is 0.339 e. The van der Waals surface area contributed by atoms with Gasteiger partial charge in [0.05, 0.1) is 16.4 Å². The van der Waals surface area contributed by atoms with Gasteiger partial charge in [-0.25, -0.2) is 4.98 Å². The average Bonchev–Trinajstić information content (AvgIpc) is 3.34.